The summed E-state index contributed by atoms with van der Waals surface area (Å²) in [5.74, 6) is 0. The highest BCUT2D eigenvalue weighted by molar-refractivity contribution is 9.10. The third kappa shape index (κ3) is 9.46. The Morgan fingerprint density at radius 2 is 1.11 bits per heavy atom. The third-order valence-electron chi connectivity index (χ3n) is 7.22. The van der Waals surface area contributed by atoms with E-state index in [4.69, 9.17) is 0 Å². The number of unbranched alkanes of at least 4 members (excludes halogenated alkanes) is 10. The van der Waals surface area contributed by atoms with Crippen molar-refractivity contribution in [2.75, 3.05) is 0 Å². The van der Waals surface area contributed by atoms with Crippen LogP contribution in [0.25, 0.3) is 22.9 Å². The van der Waals surface area contributed by atoms with Gasteiger partial charge in [-0.05, 0) is 93.5 Å². The molecule has 0 spiro atoms. The average molecular weight is 619 g/mol. The summed E-state index contributed by atoms with van der Waals surface area (Å²) in [5.41, 5.74) is 5.79. The van der Waals surface area contributed by atoms with Crippen LogP contribution in [0, 0.1) is 0 Å². The monoisotopic (exact) mass is 616 g/mol. The van der Waals surface area contributed by atoms with Crippen LogP contribution in [0.4, 0.5) is 0 Å². The smallest absolute Gasteiger partial charge is 0.0292 e. The SMILES string of the molecule is CCCCC=Cc1c(Br)c(CCCCCC)c2ccc(Br)c(CCCCCC)c2c1C=CCCCC. The van der Waals surface area contributed by atoms with Gasteiger partial charge in [-0.15, -0.1) is 0 Å². The highest BCUT2D eigenvalue weighted by Gasteiger charge is 2.19. The second-order valence-electron chi connectivity index (χ2n) is 10.3. The minimum atomic E-state index is 1.14. The lowest BCUT2D eigenvalue weighted by Crippen LogP contribution is -2.01. The lowest BCUT2D eigenvalue weighted by molar-refractivity contribution is 0.666. The molecule has 0 N–H and O–H groups in total. The summed E-state index contributed by atoms with van der Waals surface area (Å²) in [6.45, 7) is 9.15. The van der Waals surface area contributed by atoms with Gasteiger partial charge >= 0.3 is 0 Å². The largest absolute Gasteiger partial charge is 0.0839 e. The first-order chi connectivity index (χ1) is 17.6. The summed E-state index contributed by atoms with van der Waals surface area (Å²) in [7, 11) is 0. The van der Waals surface area contributed by atoms with Gasteiger partial charge in [0.25, 0.3) is 0 Å². The normalized spacial score (nSPS) is 12.1. The number of halogens is 2. The summed E-state index contributed by atoms with van der Waals surface area (Å²) >= 11 is 8.11. The van der Waals surface area contributed by atoms with Crippen LogP contribution >= 0.6 is 31.9 Å². The number of aryl methyl sites for hydroxylation is 2. The number of rotatable bonds is 18. The summed E-state index contributed by atoms with van der Waals surface area (Å²) < 4.78 is 2.59. The molecule has 2 rings (SSSR count). The van der Waals surface area contributed by atoms with Crippen molar-refractivity contribution < 1.29 is 0 Å². The van der Waals surface area contributed by atoms with Crippen LogP contribution in [-0.2, 0) is 12.8 Å². The first-order valence-electron chi connectivity index (χ1n) is 14.9. The molecule has 2 aromatic carbocycles. The molecule has 2 aromatic rings. The molecular weight excluding hydrogens is 568 g/mol. The first kappa shape index (κ1) is 31.4. The average Bonchev–Trinajstić information content (AvgIpc) is 2.88. The quantitative estimate of drug-likeness (QED) is 0.146. The maximum absolute atomic E-state index is 4.13. The van der Waals surface area contributed by atoms with Crippen LogP contribution in [0.15, 0.2) is 33.2 Å². The molecule has 0 aromatic heterocycles. The molecule has 200 valence electrons. The Labute approximate surface area is 239 Å². The van der Waals surface area contributed by atoms with Crippen molar-refractivity contribution in [2.24, 2.45) is 0 Å². The molecule has 0 saturated heterocycles. The molecule has 0 atom stereocenters. The van der Waals surface area contributed by atoms with Gasteiger partial charge in [0.05, 0.1) is 0 Å². The second kappa shape index (κ2) is 18.4. The highest BCUT2D eigenvalue weighted by Crippen LogP contribution is 2.41. The predicted octanol–water partition coefficient (Wildman–Crippen LogP) is 13.0. The lowest BCUT2D eigenvalue weighted by Gasteiger charge is -2.20. The minimum Gasteiger partial charge on any atom is -0.0839 e. The van der Waals surface area contributed by atoms with E-state index < -0.39 is 0 Å². The highest BCUT2D eigenvalue weighted by atomic mass is 79.9. The fraction of sp³-hybridized carbons (Fsp3) is 0.588. The van der Waals surface area contributed by atoms with Crippen molar-refractivity contribution in [3.63, 3.8) is 0 Å². The van der Waals surface area contributed by atoms with E-state index in [0.717, 1.165) is 25.7 Å². The Balaban J connectivity index is 2.73. The van der Waals surface area contributed by atoms with E-state index in [0.29, 0.717) is 0 Å². The minimum absolute atomic E-state index is 1.14. The maximum atomic E-state index is 4.13. The van der Waals surface area contributed by atoms with Gasteiger partial charge in [-0.25, -0.2) is 0 Å². The molecule has 0 heterocycles. The fourth-order valence-corrected chi connectivity index (χ4v) is 6.33. The van der Waals surface area contributed by atoms with Crippen molar-refractivity contribution in [1.82, 2.24) is 0 Å². The second-order valence-corrected chi connectivity index (χ2v) is 11.9. The molecular formula is C34H50Br2. The van der Waals surface area contributed by atoms with E-state index in [9.17, 15) is 0 Å². The van der Waals surface area contributed by atoms with Gasteiger partial charge in [-0.3, -0.25) is 0 Å². The number of benzene rings is 2. The van der Waals surface area contributed by atoms with Gasteiger partial charge in [-0.1, -0.05) is 138 Å². The summed E-state index contributed by atoms with van der Waals surface area (Å²) in [5, 5.41) is 2.94. The van der Waals surface area contributed by atoms with E-state index in [2.05, 4.69) is 96.0 Å². The van der Waals surface area contributed by atoms with Crippen molar-refractivity contribution in [1.29, 1.82) is 0 Å². The molecule has 0 saturated carbocycles. The molecule has 0 radical (unpaired) electrons. The standard InChI is InChI=1S/C34H50Br2/c1-5-9-13-17-21-27-29(22-18-14-10-6-2)34(36)30(23-19-15-11-7-3)28-25-26-32(35)31(33(27)28)24-20-16-12-8-4/h17-18,21-22,25-26H,5-16,19-20,23-24H2,1-4H3. The maximum Gasteiger partial charge on any atom is 0.0292 e. The van der Waals surface area contributed by atoms with Gasteiger partial charge in [0.2, 0.25) is 0 Å². The van der Waals surface area contributed by atoms with Gasteiger partial charge in [-0.2, -0.15) is 0 Å². The zero-order valence-corrected chi connectivity index (χ0v) is 26.7. The molecule has 0 amide bonds. The Kier molecular flexibility index (Phi) is 16.0. The van der Waals surface area contributed by atoms with Crippen molar-refractivity contribution in [3.8, 4) is 0 Å². The topological polar surface area (TPSA) is 0 Å². The van der Waals surface area contributed by atoms with Crippen molar-refractivity contribution >= 4 is 54.8 Å². The van der Waals surface area contributed by atoms with E-state index in [1.165, 1.54) is 119 Å². The van der Waals surface area contributed by atoms with Crippen LogP contribution in [0.1, 0.15) is 140 Å². The number of hydrogen-bond acceptors (Lipinski definition) is 0. The molecule has 0 fully saturated rings. The summed E-state index contributed by atoms with van der Waals surface area (Å²) in [4.78, 5) is 0. The molecule has 0 bridgehead atoms. The molecule has 0 aliphatic rings. The molecule has 0 aliphatic heterocycles. The summed E-state index contributed by atoms with van der Waals surface area (Å²) in [6, 6.07) is 4.68. The lowest BCUT2D eigenvalue weighted by atomic mass is 9.87. The van der Waals surface area contributed by atoms with E-state index in [1.807, 2.05) is 0 Å². The van der Waals surface area contributed by atoms with Crippen LogP contribution in [-0.4, -0.2) is 0 Å². The van der Waals surface area contributed by atoms with Crippen molar-refractivity contribution in [3.05, 3.63) is 55.5 Å². The molecule has 0 aliphatic carbocycles. The van der Waals surface area contributed by atoms with Crippen LogP contribution in [0.5, 0.6) is 0 Å². The van der Waals surface area contributed by atoms with Gasteiger partial charge in [0.15, 0.2) is 0 Å². The van der Waals surface area contributed by atoms with E-state index >= 15 is 0 Å². The summed E-state index contributed by atoms with van der Waals surface area (Å²) in [6.07, 6.45) is 29.6. The molecule has 2 heteroatoms. The van der Waals surface area contributed by atoms with Crippen LogP contribution < -0.4 is 0 Å². The molecule has 36 heavy (non-hydrogen) atoms. The van der Waals surface area contributed by atoms with E-state index in [1.54, 1.807) is 0 Å². The van der Waals surface area contributed by atoms with Crippen LogP contribution in [0.3, 0.4) is 0 Å². The zero-order chi connectivity index (χ0) is 26.2. The molecule has 0 unspecified atom stereocenters. The van der Waals surface area contributed by atoms with Gasteiger partial charge in [0, 0.05) is 8.95 Å². The van der Waals surface area contributed by atoms with Gasteiger partial charge in [0.1, 0.15) is 0 Å². The molecule has 0 nitrogen and oxygen atoms in total. The zero-order valence-electron chi connectivity index (χ0n) is 23.5. The van der Waals surface area contributed by atoms with Gasteiger partial charge < -0.3 is 0 Å². The predicted molar refractivity (Wildman–Crippen MR) is 172 cm³/mol. The third-order valence-corrected chi connectivity index (χ3v) is 8.87. The fourth-order valence-electron chi connectivity index (χ4n) is 5.04. The first-order valence-corrected chi connectivity index (χ1v) is 16.5. The Morgan fingerprint density at radius 3 is 1.67 bits per heavy atom. The van der Waals surface area contributed by atoms with E-state index in [-0.39, 0.29) is 0 Å². The number of allylic oxidation sites excluding steroid dienone is 2. The Bertz CT molecular complexity index is 957. The number of fused-ring (bicyclic) bond motifs is 1. The Morgan fingerprint density at radius 1 is 0.583 bits per heavy atom. The Hall–Kier alpha value is -0.860. The van der Waals surface area contributed by atoms with Crippen molar-refractivity contribution in [2.45, 2.75) is 130 Å². The number of hydrogen-bond donors (Lipinski definition) is 0. The van der Waals surface area contributed by atoms with Crippen LogP contribution in [0.2, 0.25) is 0 Å².